The zero-order valence-corrected chi connectivity index (χ0v) is 19.7. The minimum Gasteiger partial charge on any atom is -0.612 e. The molecule has 1 unspecified atom stereocenters. The first-order valence-electron chi connectivity index (χ1n) is 10.1. The summed E-state index contributed by atoms with van der Waals surface area (Å²) in [6.45, 7) is 0.862. The molecule has 2 N–H and O–H groups in total. The van der Waals surface area contributed by atoms with Gasteiger partial charge in [-0.15, -0.1) is 0 Å². The van der Waals surface area contributed by atoms with Gasteiger partial charge in [-0.1, -0.05) is 35.9 Å². The minimum atomic E-state index is -1.23. The van der Waals surface area contributed by atoms with E-state index in [-0.39, 0.29) is 5.75 Å². The molecular formula is C25H24ClN3O2S. The molecule has 4 rings (SSSR count). The fourth-order valence-corrected chi connectivity index (χ4v) is 4.42. The van der Waals surface area contributed by atoms with Crippen molar-refractivity contribution in [2.75, 3.05) is 25.7 Å². The third-order valence-corrected chi connectivity index (χ3v) is 6.38. The van der Waals surface area contributed by atoms with Crippen molar-refractivity contribution in [1.29, 1.82) is 0 Å². The molecule has 1 atom stereocenters. The maximum absolute atomic E-state index is 12.5. The van der Waals surface area contributed by atoms with Crippen LogP contribution in [-0.4, -0.2) is 39.9 Å². The topological polar surface area (TPSA) is 71.5 Å². The molecule has 1 aromatic heterocycles. The monoisotopic (exact) mass is 465 g/mol. The summed E-state index contributed by atoms with van der Waals surface area (Å²) in [6, 6.07) is 19.2. The highest BCUT2D eigenvalue weighted by molar-refractivity contribution is 7.90. The number of hydrogen-bond donors (Lipinski definition) is 2. The highest BCUT2D eigenvalue weighted by Gasteiger charge is 2.18. The predicted molar refractivity (Wildman–Crippen MR) is 133 cm³/mol. The zero-order chi connectivity index (χ0) is 22.8. The van der Waals surface area contributed by atoms with E-state index in [1.54, 1.807) is 24.6 Å². The summed E-state index contributed by atoms with van der Waals surface area (Å²) < 4.78 is 12.5. The highest BCUT2D eigenvalue weighted by atomic mass is 35.5. The standard InChI is InChI=1S/C25H24ClN3O2S/c1-29(2)15-16-4-8-19(9-5-16)28-25-20-12-17(18-7-11-23(30)21(26)13-18)6-10-22(20)27-14-24(25)32(3)31/h4-14,30H,15H2,1-3H3,(H,27,28). The Morgan fingerprint density at radius 1 is 1.03 bits per heavy atom. The number of benzene rings is 3. The Balaban J connectivity index is 1.79. The second-order valence-electron chi connectivity index (χ2n) is 7.91. The maximum Gasteiger partial charge on any atom is 0.194 e. The fraction of sp³-hybridized carbons (Fsp3) is 0.160. The van der Waals surface area contributed by atoms with Crippen LogP contribution < -0.4 is 5.32 Å². The van der Waals surface area contributed by atoms with E-state index in [4.69, 9.17) is 11.6 Å². The van der Waals surface area contributed by atoms with Gasteiger partial charge in [-0.25, -0.2) is 0 Å². The van der Waals surface area contributed by atoms with Gasteiger partial charge in [0.25, 0.3) is 0 Å². The predicted octanol–water partition coefficient (Wildman–Crippen LogP) is 5.80. The van der Waals surface area contributed by atoms with Gasteiger partial charge in [0.2, 0.25) is 0 Å². The number of aromatic nitrogens is 1. The summed E-state index contributed by atoms with van der Waals surface area (Å²) in [5.41, 5.74) is 5.47. The molecule has 0 radical (unpaired) electrons. The van der Waals surface area contributed by atoms with Gasteiger partial charge in [-0.2, -0.15) is 0 Å². The van der Waals surface area contributed by atoms with E-state index >= 15 is 0 Å². The maximum atomic E-state index is 12.5. The molecular weight excluding hydrogens is 442 g/mol. The molecule has 0 fully saturated rings. The molecule has 164 valence electrons. The lowest BCUT2D eigenvalue weighted by Crippen LogP contribution is -2.10. The molecule has 0 aliphatic heterocycles. The van der Waals surface area contributed by atoms with Crippen LogP contribution in [0.2, 0.25) is 5.02 Å². The third kappa shape index (κ3) is 4.84. The molecule has 0 saturated heterocycles. The average Bonchev–Trinajstić information content (AvgIpc) is 2.76. The van der Waals surface area contributed by atoms with E-state index in [9.17, 15) is 9.66 Å². The molecule has 0 saturated carbocycles. The summed E-state index contributed by atoms with van der Waals surface area (Å²) in [4.78, 5) is 7.27. The van der Waals surface area contributed by atoms with Crippen molar-refractivity contribution >= 4 is 45.1 Å². The van der Waals surface area contributed by atoms with Crippen molar-refractivity contribution in [3.8, 4) is 16.9 Å². The average molecular weight is 466 g/mol. The SMILES string of the molecule is CN(C)Cc1ccc(Nc2c([S+](C)[O-])cnc3ccc(-c4ccc(O)c(Cl)c4)cc23)cc1. The van der Waals surface area contributed by atoms with Crippen LogP contribution in [0, 0.1) is 0 Å². The first-order chi connectivity index (χ1) is 15.3. The number of nitrogens with zero attached hydrogens (tertiary/aromatic N) is 2. The summed E-state index contributed by atoms with van der Waals surface area (Å²) in [7, 11) is 4.08. The van der Waals surface area contributed by atoms with Crippen molar-refractivity contribution in [2.24, 2.45) is 0 Å². The molecule has 5 nitrogen and oxygen atoms in total. The molecule has 7 heteroatoms. The number of fused-ring (bicyclic) bond motifs is 1. The minimum absolute atomic E-state index is 0.0432. The molecule has 0 bridgehead atoms. The van der Waals surface area contributed by atoms with Crippen LogP contribution in [0.25, 0.3) is 22.0 Å². The van der Waals surface area contributed by atoms with Crippen LogP contribution in [0.1, 0.15) is 5.56 Å². The lowest BCUT2D eigenvalue weighted by atomic mass is 10.0. The fourth-order valence-electron chi connectivity index (χ4n) is 3.59. The van der Waals surface area contributed by atoms with Gasteiger partial charge in [0.15, 0.2) is 4.90 Å². The second kappa shape index (κ2) is 9.38. The molecule has 0 spiro atoms. The highest BCUT2D eigenvalue weighted by Crippen LogP contribution is 2.36. The van der Waals surface area contributed by atoms with Crippen LogP contribution in [-0.2, 0) is 17.7 Å². The number of hydrogen-bond acceptors (Lipinski definition) is 5. The van der Waals surface area contributed by atoms with Crippen molar-refractivity contribution in [3.63, 3.8) is 0 Å². The van der Waals surface area contributed by atoms with E-state index in [1.807, 2.05) is 50.5 Å². The molecule has 0 aliphatic rings. The Hall–Kier alpha value is -2.77. The third-order valence-electron chi connectivity index (χ3n) is 5.15. The van der Waals surface area contributed by atoms with Gasteiger partial charge < -0.3 is 19.9 Å². The Kier molecular flexibility index (Phi) is 6.58. The van der Waals surface area contributed by atoms with Crippen molar-refractivity contribution in [3.05, 3.63) is 77.4 Å². The lowest BCUT2D eigenvalue weighted by molar-refractivity contribution is 0.402. The van der Waals surface area contributed by atoms with Crippen LogP contribution in [0.5, 0.6) is 5.75 Å². The van der Waals surface area contributed by atoms with Gasteiger partial charge in [0.1, 0.15) is 17.7 Å². The number of phenolic OH excluding ortho intramolecular Hbond substituents is 1. The number of anilines is 2. The van der Waals surface area contributed by atoms with Crippen LogP contribution >= 0.6 is 11.6 Å². The summed E-state index contributed by atoms with van der Waals surface area (Å²) >= 11 is 4.89. The smallest absolute Gasteiger partial charge is 0.194 e. The second-order valence-corrected chi connectivity index (χ2v) is 9.66. The first-order valence-corrected chi connectivity index (χ1v) is 12.0. The number of phenols is 1. The Morgan fingerprint density at radius 3 is 2.38 bits per heavy atom. The van der Waals surface area contributed by atoms with Crippen molar-refractivity contribution in [2.45, 2.75) is 11.4 Å². The molecule has 3 aromatic carbocycles. The van der Waals surface area contributed by atoms with E-state index in [0.29, 0.717) is 9.92 Å². The van der Waals surface area contributed by atoms with E-state index < -0.39 is 11.2 Å². The first kappa shape index (κ1) is 22.4. The van der Waals surface area contributed by atoms with Gasteiger partial charge in [-0.3, -0.25) is 4.98 Å². The molecule has 4 aromatic rings. The van der Waals surface area contributed by atoms with Gasteiger partial charge in [0, 0.05) is 17.6 Å². The Bertz CT molecular complexity index is 1260. The van der Waals surface area contributed by atoms with Crippen LogP contribution in [0.15, 0.2) is 71.8 Å². The molecule has 0 aliphatic carbocycles. The van der Waals surface area contributed by atoms with Gasteiger partial charge in [0.05, 0.1) is 16.7 Å². The molecule has 32 heavy (non-hydrogen) atoms. The molecule has 0 amide bonds. The zero-order valence-electron chi connectivity index (χ0n) is 18.1. The Labute approximate surface area is 195 Å². The van der Waals surface area contributed by atoms with Crippen molar-refractivity contribution < 1.29 is 9.66 Å². The van der Waals surface area contributed by atoms with Crippen LogP contribution in [0.3, 0.4) is 0 Å². The normalized spacial score (nSPS) is 12.3. The van der Waals surface area contributed by atoms with Gasteiger partial charge >= 0.3 is 0 Å². The largest absolute Gasteiger partial charge is 0.612 e. The lowest BCUT2D eigenvalue weighted by Gasteiger charge is -2.16. The van der Waals surface area contributed by atoms with Crippen LogP contribution in [0.4, 0.5) is 11.4 Å². The summed E-state index contributed by atoms with van der Waals surface area (Å²) in [6.07, 6.45) is 3.32. The number of halogens is 1. The van der Waals surface area contributed by atoms with E-state index in [2.05, 4.69) is 27.3 Å². The number of nitrogens with one attached hydrogen (secondary N) is 1. The van der Waals surface area contributed by atoms with E-state index in [1.165, 1.54) is 5.56 Å². The van der Waals surface area contributed by atoms with E-state index in [0.717, 1.165) is 39.9 Å². The quantitative estimate of drug-likeness (QED) is 0.352. The number of aromatic hydroxyl groups is 1. The number of rotatable bonds is 6. The van der Waals surface area contributed by atoms with Crippen molar-refractivity contribution in [1.82, 2.24) is 9.88 Å². The Morgan fingerprint density at radius 2 is 1.72 bits per heavy atom. The van der Waals surface area contributed by atoms with Gasteiger partial charge in [-0.05, 0) is 78.4 Å². The molecule has 1 heterocycles. The summed E-state index contributed by atoms with van der Waals surface area (Å²) in [5.74, 6) is 0.0432. The summed E-state index contributed by atoms with van der Waals surface area (Å²) in [5, 5.41) is 14.4. The number of pyridine rings is 1.